The van der Waals surface area contributed by atoms with Crippen LogP contribution in [-0.2, 0) is 17.6 Å². The highest BCUT2D eigenvalue weighted by Crippen LogP contribution is 2.37. The fraction of sp³-hybridized carbons (Fsp3) is 0.600. The zero-order valence-corrected chi connectivity index (χ0v) is 24.0. The van der Waals surface area contributed by atoms with Gasteiger partial charge in [0.2, 0.25) is 0 Å². The van der Waals surface area contributed by atoms with E-state index in [0.29, 0.717) is 17.2 Å². The Balaban J connectivity index is 1.42. The topological polar surface area (TPSA) is 50.1 Å². The third-order valence-electron chi connectivity index (χ3n) is 8.27. The zero-order valence-electron chi connectivity index (χ0n) is 24.0. The number of carbonyl (C=O) groups is 1. The number of nitriles is 1. The quantitative estimate of drug-likeness (QED) is 0.127. The molecule has 206 valence electrons. The molecule has 3 rings (SSSR count). The number of benzene rings is 2. The number of ether oxygens (including phenoxy) is 1. The van der Waals surface area contributed by atoms with Crippen molar-refractivity contribution in [1.29, 1.82) is 5.26 Å². The Morgan fingerprint density at radius 2 is 1.32 bits per heavy atom. The minimum Gasteiger partial charge on any atom is -0.425 e. The highest BCUT2D eigenvalue weighted by molar-refractivity contribution is 5.76. The lowest BCUT2D eigenvalue weighted by atomic mass is 9.78. The van der Waals surface area contributed by atoms with Gasteiger partial charge < -0.3 is 4.74 Å². The molecule has 3 nitrogen and oxygen atoms in total. The van der Waals surface area contributed by atoms with Gasteiger partial charge in [-0.3, -0.25) is 4.79 Å². The molecule has 3 heteroatoms. The molecule has 0 heterocycles. The van der Waals surface area contributed by atoms with Crippen LogP contribution >= 0.6 is 0 Å². The molecule has 0 atom stereocenters. The maximum Gasteiger partial charge on any atom is 0.314 e. The van der Waals surface area contributed by atoms with Crippen molar-refractivity contribution in [2.45, 2.75) is 129 Å². The van der Waals surface area contributed by atoms with Gasteiger partial charge in [0.15, 0.2) is 0 Å². The molecule has 0 aliphatic heterocycles. The van der Waals surface area contributed by atoms with Crippen molar-refractivity contribution < 1.29 is 9.53 Å². The first kappa shape index (κ1) is 29.9. The van der Waals surface area contributed by atoms with Crippen LogP contribution in [0.4, 0.5) is 0 Å². The molecule has 0 radical (unpaired) electrons. The van der Waals surface area contributed by atoms with Gasteiger partial charge in [-0.2, -0.15) is 5.26 Å². The van der Waals surface area contributed by atoms with Crippen molar-refractivity contribution in [2.75, 3.05) is 0 Å². The van der Waals surface area contributed by atoms with E-state index in [9.17, 15) is 10.1 Å². The largest absolute Gasteiger partial charge is 0.425 e. The van der Waals surface area contributed by atoms with Crippen molar-refractivity contribution in [3.63, 3.8) is 0 Å². The lowest BCUT2D eigenvalue weighted by Gasteiger charge is -2.27. The molecular weight excluding hydrogens is 466 g/mol. The van der Waals surface area contributed by atoms with Gasteiger partial charge in [0.25, 0.3) is 0 Å². The molecule has 0 spiro atoms. The van der Waals surface area contributed by atoms with Crippen LogP contribution in [-0.4, -0.2) is 5.97 Å². The van der Waals surface area contributed by atoms with Crippen LogP contribution in [0, 0.1) is 17.2 Å². The molecule has 0 N–H and O–H groups in total. The van der Waals surface area contributed by atoms with Crippen molar-refractivity contribution in [3.05, 3.63) is 64.7 Å². The average Bonchev–Trinajstić information content (AvgIpc) is 2.96. The Morgan fingerprint density at radius 3 is 1.92 bits per heavy atom. The lowest BCUT2D eigenvalue weighted by molar-refractivity contribution is -0.140. The van der Waals surface area contributed by atoms with Crippen LogP contribution in [0.1, 0.15) is 138 Å². The van der Waals surface area contributed by atoms with Gasteiger partial charge in [-0.1, -0.05) is 102 Å². The summed E-state index contributed by atoms with van der Waals surface area (Å²) >= 11 is 0. The number of carbonyl (C=O) groups excluding carboxylic acids is 1. The summed E-state index contributed by atoms with van der Waals surface area (Å²) in [7, 11) is 0. The van der Waals surface area contributed by atoms with E-state index in [1.54, 1.807) is 0 Å². The van der Waals surface area contributed by atoms with Gasteiger partial charge in [0, 0.05) is 0 Å². The van der Waals surface area contributed by atoms with E-state index < -0.39 is 0 Å². The average molecular weight is 516 g/mol. The number of esters is 1. The Bertz CT molecular complexity index is 996. The number of nitrogens with zero attached hydrogens (tertiary/aromatic N) is 1. The first-order valence-corrected chi connectivity index (χ1v) is 15.5. The number of unbranched alkanes of at least 4 members (excludes halogenated alkanes) is 9. The van der Waals surface area contributed by atoms with Gasteiger partial charge in [0.1, 0.15) is 11.8 Å². The number of hydrogen-bond donors (Lipinski definition) is 0. The van der Waals surface area contributed by atoms with E-state index in [4.69, 9.17) is 4.74 Å². The molecular formula is C35H49NO2. The second-order valence-electron chi connectivity index (χ2n) is 11.3. The van der Waals surface area contributed by atoms with Crippen LogP contribution in [0.15, 0.2) is 42.5 Å². The summed E-state index contributed by atoms with van der Waals surface area (Å²) in [6.45, 7) is 4.49. The van der Waals surface area contributed by atoms with Crippen molar-refractivity contribution in [1.82, 2.24) is 0 Å². The van der Waals surface area contributed by atoms with Gasteiger partial charge in [-0.15, -0.1) is 0 Å². The molecule has 0 bridgehead atoms. The molecule has 1 fully saturated rings. The number of aryl methyl sites for hydroxylation is 2. The Morgan fingerprint density at radius 1 is 0.763 bits per heavy atom. The Kier molecular flexibility index (Phi) is 13.5. The molecule has 0 amide bonds. The third kappa shape index (κ3) is 9.94. The van der Waals surface area contributed by atoms with Crippen LogP contribution < -0.4 is 4.74 Å². The van der Waals surface area contributed by atoms with E-state index in [2.05, 4.69) is 44.2 Å². The van der Waals surface area contributed by atoms with Gasteiger partial charge in [0.05, 0.1) is 11.5 Å². The number of rotatable bonds is 16. The molecule has 2 aromatic carbocycles. The summed E-state index contributed by atoms with van der Waals surface area (Å²) in [6.07, 6.45) is 20.0. The predicted octanol–water partition coefficient (Wildman–Crippen LogP) is 9.85. The summed E-state index contributed by atoms with van der Waals surface area (Å²) in [4.78, 5) is 12.9. The highest BCUT2D eigenvalue weighted by atomic mass is 16.5. The normalized spacial score (nSPS) is 17.2. The Hall–Kier alpha value is -2.60. The lowest BCUT2D eigenvalue weighted by Crippen LogP contribution is -2.25. The molecule has 0 unspecified atom stereocenters. The highest BCUT2D eigenvalue weighted by Gasteiger charge is 2.29. The molecule has 1 saturated carbocycles. The zero-order chi connectivity index (χ0) is 27.0. The number of hydrogen-bond acceptors (Lipinski definition) is 3. The van der Waals surface area contributed by atoms with Gasteiger partial charge in [-0.25, -0.2) is 0 Å². The maximum atomic E-state index is 12.9. The van der Waals surface area contributed by atoms with E-state index in [0.717, 1.165) is 44.1 Å². The fourth-order valence-corrected chi connectivity index (χ4v) is 5.76. The van der Waals surface area contributed by atoms with Crippen molar-refractivity contribution in [2.24, 2.45) is 5.92 Å². The van der Waals surface area contributed by atoms with Crippen molar-refractivity contribution in [3.8, 4) is 11.8 Å². The molecule has 1 aliphatic carbocycles. The van der Waals surface area contributed by atoms with Crippen molar-refractivity contribution >= 4 is 5.97 Å². The first-order valence-electron chi connectivity index (χ1n) is 15.5. The monoisotopic (exact) mass is 515 g/mol. The smallest absolute Gasteiger partial charge is 0.314 e. The molecule has 0 aromatic heterocycles. The predicted molar refractivity (Wildman–Crippen MR) is 157 cm³/mol. The second-order valence-corrected chi connectivity index (χ2v) is 11.3. The van der Waals surface area contributed by atoms with E-state index in [1.807, 2.05) is 18.2 Å². The van der Waals surface area contributed by atoms with Crippen LogP contribution in [0.3, 0.4) is 0 Å². The SMILES string of the molecule is CCCCCCCCc1ccc(C2CCC(C(=O)Oc3ccc(CCCCCCC)cc3C#N)CC2)cc1. The second kappa shape index (κ2) is 17.1. The molecule has 2 aromatic rings. The summed E-state index contributed by atoms with van der Waals surface area (Å²) < 4.78 is 5.75. The fourth-order valence-electron chi connectivity index (χ4n) is 5.76. The minimum atomic E-state index is -0.179. The standard InChI is InChI=1S/C35H49NO2/c1-3-5-7-9-11-12-14-28-16-19-30(20-17-28)31-21-23-32(24-22-31)35(37)38-34-25-18-29(26-33(34)27-36)15-13-10-8-6-4-2/h16-20,25-26,31-32H,3-15,21-24H2,1-2H3. The maximum absolute atomic E-state index is 12.9. The summed E-state index contributed by atoms with van der Waals surface area (Å²) in [6, 6.07) is 17.2. The van der Waals surface area contributed by atoms with E-state index in [-0.39, 0.29) is 11.9 Å². The van der Waals surface area contributed by atoms with Gasteiger partial charge in [-0.05, 0) is 86.1 Å². The van der Waals surface area contributed by atoms with Crippen LogP contribution in [0.2, 0.25) is 0 Å². The van der Waals surface area contributed by atoms with Crippen LogP contribution in [0.25, 0.3) is 0 Å². The molecule has 1 aliphatic rings. The molecule has 0 saturated heterocycles. The molecule has 38 heavy (non-hydrogen) atoms. The Labute approximate surface area is 232 Å². The van der Waals surface area contributed by atoms with Crippen LogP contribution in [0.5, 0.6) is 5.75 Å². The summed E-state index contributed by atoms with van der Waals surface area (Å²) in [5.74, 6) is 0.674. The summed E-state index contributed by atoms with van der Waals surface area (Å²) in [5.41, 5.74) is 4.47. The first-order chi connectivity index (χ1) is 18.6. The third-order valence-corrected chi connectivity index (χ3v) is 8.27. The summed E-state index contributed by atoms with van der Waals surface area (Å²) in [5, 5.41) is 9.64. The van der Waals surface area contributed by atoms with Gasteiger partial charge >= 0.3 is 5.97 Å². The van der Waals surface area contributed by atoms with E-state index >= 15 is 0 Å². The van der Waals surface area contributed by atoms with E-state index in [1.165, 1.54) is 81.8 Å². The minimum absolute atomic E-state index is 0.0805.